The van der Waals surface area contributed by atoms with Gasteiger partial charge in [-0.25, -0.2) is 55.9 Å². The van der Waals surface area contributed by atoms with Gasteiger partial charge in [-0.3, -0.25) is 19.9 Å². The van der Waals surface area contributed by atoms with Gasteiger partial charge in [0.15, 0.2) is 0 Å². The summed E-state index contributed by atoms with van der Waals surface area (Å²) >= 11 is 0. The molecule has 4 aromatic heterocycles. The SMILES string of the molecule is N.N.[Co+3].[O-][Cl+3]([O-])([O-])[O-].[O-][Cl+3]([O-])([O-])[O-].[O-][Cl+3]([O-])([O-])[O-].c1ccc(-c2ccccn2)nc1.c1ccc(-c2ccccn2)nc1. The van der Waals surface area contributed by atoms with E-state index in [0.717, 1.165) is 22.8 Å². The summed E-state index contributed by atoms with van der Waals surface area (Å²) in [5.74, 6) is 0. The van der Waals surface area contributed by atoms with Gasteiger partial charge in [-0.1, -0.05) is 24.3 Å². The van der Waals surface area contributed by atoms with E-state index in [2.05, 4.69) is 19.9 Å². The molecule has 6 N–H and O–H groups in total. The van der Waals surface area contributed by atoms with Crippen molar-refractivity contribution in [2.45, 2.75) is 0 Å². The molecule has 0 aliphatic carbocycles. The van der Waals surface area contributed by atoms with Crippen LogP contribution in [0.25, 0.3) is 22.8 Å². The van der Waals surface area contributed by atoms with Gasteiger partial charge >= 0.3 is 16.8 Å². The van der Waals surface area contributed by atoms with E-state index < -0.39 is 30.7 Å². The van der Waals surface area contributed by atoms with Crippen molar-refractivity contribution in [2.75, 3.05) is 0 Å². The quantitative estimate of drug-likeness (QED) is 0.196. The second kappa shape index (κ2) is 23.9. The maximum Gasteiger partial charge on any atom is 3.00 e. The van der Waals surface area contributed by atoms with Crippen LogP contribution in [0, 0.1) is 30.7 Å². The Labute approximate surface area is 255 Å². The van der Waals surface area contributed by atoms with Crippen LogP contribution in [-0.2, 0) is 16.8 Å². The molecule has 0 aliphatic rings. The van der Waals surface area contributed by atoms with Crippen molar-refractivity contribution in [1.29, 1.82) is 0 Å². The molecule has 0 aliphatic heterocycles. The first-order valence-electron chi connectivity index (χ1n) is 9.43. The number of hydrogen-bond acceptors (Lipinski definition) is 18. The molecule has 0 saturated carbocycles. The van der Waals surface area contributed by atoms with Gasteiger partial charge in [-0.05, 0) is 48.5 Å². The van der Waals surface area contributed by atoms with Gasteiger partial charge in [-0.2, -0.15) is 0 Å². The van der Waals surface area contributed by atoms with Crippen molar-refractivity contribution < 1.29 is 103 Å². The van der Waals surface area contributed by atoms with Crippen molar-refractivity contribution in [3.63, 3.8) is 0 Å². The molecule has 234 valence electrons. The van der Waals surface area contributed by atoms with Crippen LogP contribution in [0.2, 0.25) is 0 Å². The first-order valence-corrected chi connectivity index (χ1v) is 13.1. The predicted octanol–water partition coefficient (Wildman–Crippen LogP) is -9.66. The standard InChI is InChI=1S/2C10H8N2.3ClHO4.Co.2H3N/c2*1-3-7-11-9(5-1)10-6-2-4-8-12-10;3*2-1(3,4)5;;;/h2*1-8H;3*(H,2,3,4,5);;2*1H3/q;;;;;+3;;/p-3. The zero-order chi connectivity index (χ0) is 30.0. The Morgan fingerprint density at radius 1 is 0.333 bits per heavy atom. The Hall–Kier alpha value is -2.58. The molecule has 4 aromatic rings. The smallest absolute Gasteiger partial charge is 0.344 e. The van der Waals surface area contributed by atoms with Gasteiger partial charge < -0.3 is 12.3 Å². The third-order valence-corrected chi connectivity index (χ3v) is 3.18. The minimum atomic E-state index is -4.94. The zero-order valence-corrected chi connectivity index (χ0v) is 24.1. The molecule has 4 rings (SSSR count). The van der Waals surface area contributed by atoms with Crippen molar-refractivity contribution >= 4 is 0 Å². The summed E-state index contributed by atoms with van der Waals surface area (Å²) in [4.78, 5) is 16.7. The summed E-state index contributed by atoms with van der Waals surface area (Å²) in [5, 5.41) is 0. The van der Waals surface area contributed by atoms with E-state index in [-0.39, 0.29) is 29.1 Å². The maximum atomic E-state index is 8.49. The summed E-state index contributed by atoms with van der Waals surface area (Å²) < 4.78 is 102. The predicted molar refractivity (Wildman–Crippen MR) is 105 cm³/mol. The molecule has 0 bridgehead atoms. The average Bonchev–Trinajstić information content (AvgIpc) is 2.84. The van der Waals surface area contributed by atoms with Crippen LogP contribution in [0.4, 0.5) is 0 Å². The van der Waals surface area contributed by atoms with Crippen molar-refractivity contribution in [3.05, 3.63) is 97.6 Å². The number of aromatic nitrogens is 4. The van der Waals surface area contributed by atoms with E-state index in [1.165, 1.54) is 0 Å². The Balaban J connectivity index is -0.000000226. The summed E-state index contributed by atoms with van der Waals surface area (Å²) in [5.41, 5.74) is 3.66. The monoisotopic (exact) mass is 702 g/mol. The van der Waals surface area contributed by atoms with Crippen LogP contribution in [0.1, 0.15) is 0 Å². The minimum Gasteiger partial charge on any atom is -0.344 e. The number of halogens is 3. The van der Waals surface area contributed by atoms with Gasteiger partial charge in [0, 0.05) is 24.8 Å². The topological polar surface area (TPSA) is 398 Å². The van der Waals surface area contributed by atoms with Crippen LogP contribution in [-0.4, -0.2) is 19.9 Å². The Bertz CT molecular complexity index is 954. The number of pyridine rings is 4. The molecule has 0 unspecified atom stereocenters. The largest absolute Gasteiger partial charge is 3.00 e. The van der Waals surface area contributed by atoms with Gasteiger partial charge in [0.1, 0.15) is 0 Å². The molecule has 4 heterocycles. The van der Waals surface area contributed by atoms with Crippen molar-refractivity contribution in [1.82, 2.24) is 32.2 Å². The third kappa shape index (κ3) is 35.4. The van der Waals surface area contributed by atoms with Crippen LogP contribution in [0.3, 0.4) is 0 Å². The second-order valence-corrected chi connectivity index (χ2v) is 8.26. The van der Waals surface area contributed by atoms with Gasteiger partial charge in [0.25, 0.3) is 0 Å². The second-order valence-electron chi connectivity index (χ2n) is 5.99. The Morgan fingerprint density at radius 3 is 0.571 bits per heavy atom. The Kier molecular flexibility index (Phi) is 26.4. The molecule has 22 heteroatoms. The molecule has 0 radical (unpaired) electrons. The Morgan fingerprint density at radius 2 is 0.476 bits per heavy atom. The summed E-state index contributed by atoms with van der Waals surface area (Å²) in [6.45, 7) is 0. The van der Waals surface area contributed by atoms with Gasteiger partial charge in [-0.15, -0.1) is 30.7 Å². The average molecular weight is 704 g/mol. The fourth-order valence-electron chi connectivity index (χ4n) is 2.06. The van der Waals surface area contributed by atoms with Gasteiger partial charge in [0.2, 0.25) is 0 Å². The summed E-state index contributed by atoms with van der Waals surface area (Å²) in [7, 11) is -14.8. The van der Waals surface area contributed by atoms with Crippen molar-refractivity contribution in [2.24, 2.45) is 0 Å². The molecule has 0 saturated heterocycles. The molecule has 0 amide bonds. The van der Waals surface area contributed by atoms with Crippen LogP contribution < -0.4 is 68.2 Å². The van der Waals surface area contributed by atoms with E-state index >= 15 is 0 Å². The number of hydrogen-bond donors (Lipinski definition) is 2. The van der Waals surface area contributed by atoms with Gasteiger partial charge in [0.05, 0.1) is 22.8 Å². The summed E-state index contributed by atoms with van der Waals surface area (Å²) in [6.07, 6.45) is 7.07. The van der Waals surface area contributed by atoms with Crippen LogP contribution >= 0.6 is 0 Å². The fraction of sp³-hybridized carbons (Fsp3) is 0. The normalized spacial score (nSPS) is 9.81. The summed E-state index contributed by atoms with van der Waals surface area (Å²) in [6, 6.07) is 23.2. The number of nitrogens with zero attached hydrogens (tertiary/aromatic N) is 4. The molecular weight excluding hydrogens is 682 g/mol. The molecule has 0 spiro atoms. The van der Waals surface area contributed by atoms with Crippen molar-refractivity contribution in [3.8, 4) is 22.8 Å². The van der Waals surface area contributed by atoms with Crippen LogP contribution in [0.5, 0.6) is 0 Å². The molecule has 0 aromatic carbocycles. The van der Waals surface area contributed by atoms with Crippen LogP contribution in [0.15, 0.2) is 97.6 Å². The van der Waals surface area contributed by atoms with E-state index in [0.29, 0.717) is 0 Å². The molecular formula is C20H22Cl3CoN6O12. The maximum absolute atomic E-state index is 8.49. The zero-order valence-electron chi connectivity index (χ0n) is 20.8. The van der Waals surface area contributed by atoms with E-state index in [1.807, 2.05) is 72.8 Å². The molecule has 0 atom stereocenters. The third-order valence-electron chi connectivity index (χ3n) is 3.18. The minimum absolute atomic E-state index is 0. The number of rotatable bonds is 2. The van der Waals surface area contributed by atoms with E-state index in [9.17, 15) is 0 Å². The molecule has 18 nitrogen and oxygen atoms in total. The molecule has 42 heavy (non-hydrogen) atoms. The van der Waals surface area contributed by atoms with E-state index in [4.69, 9.17) is 55.9 Å². The first kappa shape index (κ1) is 46.4. The van der Waals surface area contributed by atoms with E-state index in [1.54, 1.807) is 24.8 Å². The fourth-order valence-corrected chi connectivity index (χ4v) is 2.06. The first-order chi connectivity index (χ1) is 17.9. The molecule has 0 fully saturated rings.